The predicted octanol–water partition coefficient (Wildman–Crippen LogP) is 7.06. The second-order valence-corrected chi connectivity index (χ2v) is 14.0. The average molecular weight is 697 g/mol. The summed E-state index contributed by atoms with van der Waals surface area (Å²) in [5.41, 5.74) is 2.41. The van der Waals surface area contributed by atoms with Gasteiger partial charge in [0.15, 0.2) is 0 Å². The Hall–Kier alpha value is -4.05. The standard InChI is InChI=1S/C36H39Cl2N3O5S/c1-5-26(3)39-36(43)33(22-27-12-8-6-9-13-27)40(23-28-17-18-30(37)31(38)21-28)35(42)24-41(32-20-25(2)16-19-34(32)46-4)47(44,45)29-14-10-7-11-15-29/h6-21,26,33H,5,22-24H2,1-4H3,(H,39,43). The monoisotopic (exact) mass is 695 g/mol. The Bertz CT molecular complexity index is 1790. The maximum Gasteiger partial charge on any atom is 0.264 e. The molecule has 0 bridgehead atoms. The quantitative estimate of drug-likeness (QED) is 0.152. The molecular formula is C36H39Cl2N3O5S. The van der Waals surface area contributed by atoms with Crippen molar-refractivity contribution in [1.82, 2.24) is 10.2 Å². The number of hydrogen-bond donors (Lipinski definition) is 1. The Labute approximate surface area is 287 Å². The molecule has 0 aromatic heterocycles. The summed E-state index contributed by atoms with van der Waals surface area (Å²) in [4.78, 5) is 30.1. The van der Waals surface area contributed by atoms with Crippen molar-refractivity contribution in [3.8, 4) is 5.75 Å². The molecule has 4 aromatic rings. The van der Waals surface area contributed by atoms with Gasteiger partial charge in [0.25, 0.3) is 10.0 Å². The number of amides is 2. The maximum atomic E-state index is 14.7. The SMILES string of the molecule is CCC(C)NC(=O)C(Cc1ccccc1)N(Cc1ccc(Cl)c(Cl)c1)C(=O)CN(c1cc(C)ccc1OC)S(=O)(=O)c1ccccc1. The molecule has 0 fully saturated rings. The van der Waals surface area contributed by atoms with Crippen LogP contribution in [0.4, 0.5) is 5.69 Å². The molecule has 4 rings (SSSR count). The molecule has 4 aromatic carbocycles. The van der Waals surface area contributed by atoms with Gasteiger partial charge in [-0.05, 0) is 73.4 Å². The van der Waals surface area contributed by atoms with E-state index in [9.17, 15) is 18.0 Å². The van der Waals surface area contributed by atoms with Crippen molar-refractivity contribution in [3.63, 3.8) is 0 Å². The fourth-order valence-corrected chi connectivity index (χ4v) is 6.82. The third kappa shape index (κ3) is 9.06. The lowest BCUT2D eigenvalue weighted by Crippen LogP contribution is -2.54. The van der Waals surface area contributed by atoms with Crippen molar-refractivity contribution >= 4 is 50.7 Å². The van der Waals surface area contributed by atoms with E-state index >= 15 is 0 Å². The van der Waals surface area contributed by atoms with E-state index in [-0.39, 0.29) is 46.3 Å². The molecule has 0 aliphatic rings. The Balaban J connectivity index is 1.86. The van der Waals surface area contributed by atoms with Crippen LogP contribution in [0.3, 0.4) is 0 Å². The molecule has 0 spiro atoms. The Kier molecular flexibility index (Phi) is 12.3. The number of halogens is 2. The Morgan fingerprint density at radius 1 is 0.872 bits per heavy atom. The van der Waals surface area contributed by atoms with Crippen molar-refractivity contribution in [2.75, 3.05) is 18.0 Å². The van der Waals surface area contributed by atoms with E-state index in [0.29, 0.717) is 17.0 Å². The van der Waals surface area contributed by atoms with Gasteiger partial charge in [-0.25, -0.2) is 8.42 Å². The first-order valence-corrected chi connectivity index (χ1v) is 17.4. The minimum Gasteiger partial charge on any atom is -0.495 e. The number of rotatable bonds is 14. The number of carbonyl (C=O) groups is 2. The van der Waals surface area contributed by atoms with Crippen LogP contribution in [0.25, 0.3) is 0 Å². The van der Waals surface area contributed by atoms with Crippen LogP contribution in [-0.2, 0) is 32.6 Å². The smallest absolute Gasteiger partial charge is 0.264 e. The minimum atomic E-state index is -4.28. The lowest BCUT2D eigenvalue weighted by molar-refractivity contribution is -0.140. The number of benzene rings is 4. The van der Waals surface area contributed by atoms with E-state index in [0.717, 1.165) is 15.4 Å². The number of anilines is 1. The number of nitrogens with zero attached hydrogens (tertiary/aromatic N) is 2. The molecule has 0 heterocycles. The number of ether oxygens (including phenoxy) is 1. The molecule has 0 radical (unpaired) electrons. The zero-order valence-electron chi connectivity index (χ0n) is 26.8. The Morgan fingerprint density at radius 2 is 1.53 bits per heavy atom. The summed E-state index contributed by atoms with van der Waals surface area (Å²) in [6.07, 6.45) is 0.871. The number of carbonyl (C=O) groups excluding carboxylic acids is 2. The molecule has 11 heteroatoms. The first-order chi connectivity index (χ1) is 22.4. The van der Waals surface area contributed by atoms with Gasteiger partial charge in [0.05, 0.1) is 27.7 Å². The number of nitrogens with one attached hydrogen (secondary N) is 1. The fraction of sp³-hybridized carbons (Fsp3) is 0.278. The molecule has 2 unspecified atom stereocenters. The molecule has 8 nitrogen and oxygen atoms in total. The van der Waals surface area contributed by atoms with Gasteiger partial charge < -0.3 is 15.0 Å². The van der Waals surface area contributed by atoms with Crippen molar-refractivity contribution in [3.05, 3.63) is 124 Å². The summed E-state index contributed by atoms with van der Waals surface area (Å²) in [5.74, 6) is -0.684. The highest BCUT2D eigenvalue weighted by Gasteiger charge is 2.36. The third-order valence-corrected chi connectivity index (χ3v) is 10.3. The highest BCUT2D eigenvalue weighted by molar-refractivity contribution is 7.92. The molecule has 0 aliphatic carbocycles. The zero-order valence-corrected chi connectivity index (χ0v) is 29.1. The fourth-order valence-electron chi connectivity index (χ4n) is 5.06. The van der Waals surface area contributed by atoms with Gasteiger partial charge in [0.1, 0.15) is 18.3 Å². The average Bonchev–Trinajstić information content (AvgIpc) is 3.07. The second kappa shape index (κ2) is 16.2. The molecule has 0 aliphatic heterocycles. The predicted molar refractivity (Wildman–Crippen MR) is 188 cm³/mol. The van der Waals surface area contributed by atoms with E-state index in [4.69, 9.17) is 27.9 Å². The Morgan fingerprint density at radius 3 is 2.15 bits per heavy atom. The van der Waals surface area contributed by atoms with E-state index in [1.807, 2.05) is 51.1 Å². The van der Waals surface area contributed by atoms with E-state index in [1.54, 1.807) is 54.6 Å². The van der Waals surface area contributed by atoms with Gasteiger partial charge in [-0.15, -0.1) is 0 Å². The van der Waals surface area contributed by atoms with Gasteiger partial charge in [0.2, 0.25) is 11.8 Å². The molecule has 2 amide bonds. The summed E-state index contributed by atoms with van der Waals surface area (Å²) >= 11 is 12.6. The summed E-state index contributed by atoms with van der Waals surface area (Å²) in [6.45, 7) is 5.02. The van der Waals surface area contributed by atoms with Crippen LogP contribution in [0.5, 0.6) is 5.75 Å². The molecule has 47 heavy (non-hydrogen) atoms. The summed E-state index contributed by atoms with van der Waals surface area (Å²) in [6, 6.07) is 26.2. The van der Waals surface area contributed by atoms with Gasteiger partial charge >= 0.3 is 0 Å². The lowest BCUT2D eigenvalue weighted by atomic mass is 10.0. The van der Waals surface area contributed by atoms with Crippen LogP contribution in [0, 0.1) is 6.92 Å². The third-order valence-electron chi connectivity index (χ3n) is 7.82. The van der Waals surface area contributed by atoms with Crippen LogP contribution in [0.1, 0.15) is 37.0 Å². The van der Waals surface area contributed by atoms with Gasteiger partial charge in [-0.2, -0.15) is 0 Å². The van der Waals surface area contributed by atoms with E-state index < -0.39 is 28.5 Å². The van der Waals surface area contributed by atoms with Gasteiger partial charge in [0, 0.05) is 19.0 Å². The first kappa shape index (κ1) is 35.8. The van der Waals surface area contributed by atoms with Crippen molar-refractivity contribution in [2.45, 2.75) is 57.1 Å². The summed E-state index contributed by atoms with van der Waals surface area (Å²) in [5, 5.41) is 3.66. The normalized spacial score (nSPS) is 12.6. The van der Waals surface area contributed by atoms with Crippen LogP contribution in [0.2, 0.25) is 10.0 Å². The number of aryl methyl sites for hydroxylation is 1. The topological polar surface area (TPSA) is 96.0 Å². The van der Waals surface area contributed by atoms with Crippen LogP contribution in [0.15, 0.2) is 102 Å². The minimum absolute atomic E-state index is 0.00254. The molecular weight excluding hydrogens is 657 g/mol. The lowest BCUT2D eigenvalue weighted by Gasteiger charge is -2.34. The van der Waals surface area contributed by atoms with Crippen LogP contribution in [-0.4, -0.2) is 50.9 Å². The zero-order chi connectivity index (χ0) is 34.1. The van der Waals surface area contributed by atoms with Gasteiger partial charge in [-0.3, -0.25) is 13.9 Å². The highest BCUT2D eigenvalue weighted by atomic mass is 35.5. The second-order valence-electron chi connectivity index (χ2n) is 11.3. The van der Waals surface area contributed by atoms with Crippen molar-refractivity contribution in [2.24, 2.45) is 0 Å². The molecule has 1 N–H and O–H groups in total. The summed E-state index contributed by atoms with van der Waals surface area (Å²) < 4.78 is 35.2. The van der Waals surface area contributed by atoms with Crippen molar-refractivity contribution in [1.29, 1.82) is 0 Å². The maximum absolute atomic E-state index is 14.7. The first-order valence-electron chi connectivity index (χ1n) is 15.2. The van der Waals surface area contributed by atoms with Crippen molar-refractivity contribution < 1.29 is 22.7 Å². The molecule has 0 saturated carbocycles. The van der Waals surface area contributed by atoms with E-state index in [1.165, 1.54) is 24.1 Å². The van der Waals surface area contributed by atoms with Crippen LogP contribution >= 0.6 is 23.2 Å². The number of sulfonamides is 1. The molecule has 2 atom stereocenters. The molecule has 0 saturated heterocycles. The van der Waals surface area contributed by atoms with E-state index in [2.05, 4.69) is 5.32 Å². The van der Waals surface area contributed by atoms with Gasteiger partial charge in [-0.1, -0.05) is 90.8 Å². The largest absolute Gasteiger partial charge is 0.495 e. The highest BCUT2D eigenvalue weighted by Crippen LogP contribution is 2.34. The van der Waals surface area contributed by atoms with Crippen LogP contribution < -0.4 is 14.4 Å². The summed E-state index contributed by atoms with van der Waals surface area (Å²) in [7, 11) is -2.84. The molecule has 248 valence electrons. The number of hydrogen-bond acceptors (Lipinski definition) is 5. The number of methoxy groups -OCH3 is 1.